The molecule has 132 valence electrons. The van der Waals surface area contributed by atoms with E-state index in [1.165, 1.54) is 7.11 Å². The fraction of sp³-hybridized carbons (Fsp3) is 0.300. The molecule has 5 heteroatoms. The molecule has 0 aliphatic rings. The summed E-state index contributed by atoms with van der Waals surface area (Å²) in [6.07, 6.45) is -0.450. The Hall–Kier alpha value is -2.82. The summed E-state index contributed by atoms with van der Waals surface area (Å²) < 4.78 is 10.4. The van der Waals surface area contributed by atoms with Crippen LogP contribution >= 0.6 is 0 Å². The van der Waals surface area contributed by atoms with Crippen LogP contribution in [0.15, 0.2) is 48.5 Å². The maximum absolute atomic E-state index is 12.7. The van der Waals surface area contributed by atoms with Gasteiger partial charge in [0.25, 0.3) is 5.91 Å². The maximum Gasteiger partial charge on any atom is 0.305 e. The van der Waals surface area contributed by atoms with E-state index in [1.807, 2.05) is 50.2 Å². The van der Waals surface area contributed by atoms with Crippen molar-refractivity contribution < 1.29 is 19.1 Å². The summed E-state index contributed by atoms with van der Waals surface area (Å²) in [5.74, 6) is -0.0912. The second kappa shape index (κ2) is 8.87. The normalized spacial score (nSPS) is 11.5. The van der Waals surface area contributed by atoms with Gasteiger partial charge in [0.15, 0.2) is 6.10 Å². The first-order valence-corrected chi connectivity index (χ1v) is 8.15. The van der Waals surface area contributed by atoms with Gasteiger partial charge in [0.05, 0.1) is 7.11 Å². The van der Waals surface area contributed by atoms with Crippen molar-refractivity contribution in [3.8, 4) is 5.75 Å². The Balaban J connectivity index is 2.11. The molecule has 5 nitrogen and oxygen atoms in total. The van der Waals surface area contributed by atoms with Crippen molar-refractivity contribution in [3.63, 3.8) is 0 Å². The van der Waals surface area contributed by atoms with E-state index in [-0.39, 0.29) is 24.7 Å². The van der Waals surface area contributed by atoms with Crippen LogP contribution in [0.3, 0.4) is 0 Å². The van der Waals surface area contributed by atoms with Crippen molar-refractivity contribution in [1.82, 2.24) is 0 Å². The van der Waals surface area contributed by atoms with E-state index in [4.69, 9.17) is 4.74 Å². The predicted molar refractivity (Wildman–Crippen MR) is 96.7 cm³/mol. The van der Waals surface area contributed by atoms with E-state index < -0.39 is 6.10 Å². The summed E-state index contributed by atoms with van der Waals surface area (Å²) in [5, 5.41) is 2.87. The molecule has 0 fully saturated rings. The number of ether oxygens (including phenoxy) is 2. The Morgan fingerprint density at radius 3 is 2.28 bits per heavy atom. The number of carbonyl (C=O) groups excluding carboxylic acids is 2. The third kappa shape index (κ3) is 5.95. The molecular weight excluding hydrogens is 318 g/mol. The predicted octanol–water partition coefficient (Wildman–Crippen LogP) is 3.64. The first-order valence-electron chi connectivity index (χ1n) is 8.15. The minimum Gasteiger partial charge on any atom is -0.481 e. The number of hydrogen-bond acceptors (Lipinski definition) is 4. The van der Waals surface area contributed by atoms with Crippen LogP contribution in [-0.4, -0.2) is 25.1 Å². The molecule has 2 rings (SSSR count). The van der Waals surface area contributed by atoms with Crippen LogP contribution in [0, 0.1) is 13.8 Å². The van der Waals surface area contributed by atoms with E-state index in [0.717, 1.165) is 11.1 Å². The summed E-state index contributed by atoms with van der Waals surface area (Å²) in [6.45, 7) is 3.94. The largest absolute Gasteiger partial charge is 0.481 e. The summed E-state index contributed by atoms with van der Waals surface area (Å²) in [5.41, 5.74) is 2.83. The zero-order valence-corrected chi connectivity index (χ0v) is 14.7. The number of aryl methyl sites for hydroxylation is 2. The van der Waals surface area contributed by atoms with Crippen LogP contribution < -0.4 is 10.1 Å². The van der Waals surface area contributed by atoms with Crippen LogP contribution in [-0.2, 0) is 14.3 Å². The molecule has 0 aliphatic carbocycles. The molecule has 0 radical (unpaired) electrons. The van der Waals surface area contributed by atoms with Gasteiger partial charge in [0, 0.05) is 18.5 Å². The summed E-state index contributed by atoms with van der Waals surface area (Å²) in [7, 11) is 1.32. The van der Waals surface area contributed by atoms with Crippen molar-refractivity contribution in [1.29, 1.82) is 0 Å². The molecule has 1 unspecified atom stereocenters. The second-order valence-corrected chi connectivity index (χ2v) is 5.90. The van der Waals surface area contributed by atoms with Gasteiger partial charge in [-0.1, -0.05) is 24.3 Å². The van der Waals surface area contributed by atoms with Gasteiger partial charge >= 0.3 is 5.97 Å². The van der Waals surface area contributed by atoms with Gasteiger partial charge in [-0.2, -0.15) is 0 Å². The molecule has 2 aromatic carbocycles. The summed E-state index contributed by atoms with van der Waals surface area (Å²) >= 11 is 0. The molecule has 25 heavy (non-hydrogen) atoms. The number of amides is 1. The third-order valence-corrected chi connectivity index (χ3v) is 3.64. The van der Waals surface area contributed by atoms with Gasteiger partial charge in [-0.15, -0.1) is 0 Å². The Morgan fingerprint density at radius 1 is 1.04 bits per heavy atom. The molecule has 0 aromatic heterocycles. The smallest absolute Gasteiger partial charge is 0.305 e. The lowest BCUT2D eigenvalue weighted by atomic mass is 10.1. The third-order valence-electron chi connectivity index (χ3n) is 3.64. The SMILES string of the molecule is COC(=O)CCC(Oc1ccccc1)C(=O)Nc1cc(C)cc(C)c1. The van der Waals surface area contributed by atoms with E-state index in [2.05, 4.69) is 10.1 Å². The quantitative estimate of drug-likeness (QED) is 0.781. The summed E-state index contributed by atoms with van der Waals surface area (Å²) in [6, 6.07) is 14.9. The molecule has 0 heterocycles. The molecule has 2 aromatic rings. The molecule has 1 N–H and O–H groups in total. The summed E-state index contributed by atoms with van der Waals surface area (Å²) in [4.78, 5) is 24.1. The molecular formula is C20H23NO4. The van der Waals surface area contributed by atoms with Gasteiger partial charge in [-0.25, -0.2) is 0 Å². The number of esters is 1. The van der Waals surface area contributed by atoms with Crippen LogP contribution in [0.25, 0.3) is 0 Å². The van der Waals surface area contributed by atoms with Crippen LogP contribution in [0.4, 0.5) is 5.69 Å². The number of anilines is 1. The van der Waals surface area contributed by atoms with Crippen LogP contribution in [0.5, 0.6) is 5.75 Å². The second-order valence-electron chi connectivity index (χ2n) is 5.90. The fourth-order valence-corrected chi connectivity index (χ4v) is 2.53. The first-order chi connectivity index (χ1) is 12.0. The standard InChI is InChI=1S/C20H23NO4/c1-14-11-15(2)13-16(12-14)21-20(23)18(9-10-19(22)24-3)25-17-7-5-4-6-8-17/h4-8,11-13,18H,9-10H2,1-3H3,(H,21,23). The fourth-order valence-electron chi connectivity index (χ4n) is 2.53. The Morgan fingerprint density at radius 2 is 1.68 bits per heavy atom. The molecule has 0 aliphatic heterocycles. The number of nitrogens with one attached hydrogen (secondary N) is 1. The zero-order valence-electron chi connectivity index (χ0n) is 14.7. The zero-order chi connectivity index (χ0) is 18.2. The number of para-hydroxylation sites is 1. The van der Waals surface area contributed by atoms with E-state index in [9.17, 15) is 9.59 Å². The van der Waals surface area contributed by atoms with Crippen molar-refractivity contribution in [2.75, 3.05) is 12.4 Å². The maximum atomic E-state index is 12.7. The lowest BCUT2D eigenvalue weighted by Gasteiger charge is -2.19. The number of carbonyl (C=O) groups is 2. The Kier molecular flexibility index (Phi) is 6.57. The van der Waals surface area contributed by atoms with Crippen molar-refractivity contribution in [2.45, 2.75) is 32.8 Å². The van der Waals surface area contributed by atoms with Gasteiger partial charge in [0.2, 0.25) is 0 Å². The monoisotopic (exact) mass is 341 g/mol. The van der Waals surface area contributed by atoms with Crippen molar-refractivity contribution in [2.24, 2.45) is 0 Å². The van der Waals surface area contributed by atoms with E-state index in [0.29, 0.717) is 11.4 Å². The highest BCUT2D eigenvalue weighted by atomic mass is 16.5. The molecule has 0 spiro atoms. The molecule has 0 bridgehead atoms. The average Bonchev–Trinajstić information content (AvgIpc) is 2.58. The first kappa shape index (κ1) is 18.5. The van der Waals surface area contributed by atoms with E-state index >= 15 is 0 Å². The Bertz CT molecular complexity index is 707. The topological polar surface area (TPSA) is 64.6 Å². The number of rotatable bonds is 7. The molecule has 1 amide bonds. The minimum atomic E-state index is -0.790. The van der Waals surface area contributed by atoms with Gasteiger partial charge in [-0.05, 0) is 49.2 Å². The van der Waals surface area contributed by atoms with E-state index in [1.54, 1.807) is 12.1 Å². The Labute approximate surface area is 148 Å². The van der Waals surface area contributed by atoms with Gasteiger partial charge in [0.1, 0.15) is 5.75 Å². The average molecular weight is 341 g/mol. The van der Waals surface area contributed by atoms with Gasteiger partial charge < -0.3 is 14.8 Å². The lowest BCUT2D eigenvalue weighted by Crippen LogP contribution is -2.33. The highest BCUT2D eigenvalue weighted by molar-refractivity contribution is 5.94. The van der Waals surface area contributed by atoms with Crippen LogP contribution in [0.1, 0.15) is 24.0 Å². The van der Waals surface area contributed by atoms with Crippen molar-refractivity contribution in [3.05, 3.63) is 59.7 Å². The molecule has 0 saturated carbocycles. The number of hydrogen-bond donors (Lipinski definition) is 1. The minimum absolute atomic E-state index is 0.105. The van der Waals surface area contributed by atoms with Crippen molar-refractivity contribution >= 4 is 17.6 Å². The molecule has 1 atom stereocenters. The van der Waals surface area contributed by atoms with Crippen LogP contribution in [0.2, 0.25) is 0 Å². The van der Waals surface area contributed by atoms with Gasteiger partial charge in [-0.3, -0.25) is 9.59 Å². The number of benzene rings is 2. The highest BCUT2D eigenvalue weighted by Gasteiger charge is 2.22. The number of methoxy groups -OCH3 is 1. The highest BCUT2D eigenvalue weighted by Crippen LogP contribution is 2.18. The lowest BCUT2D eigenvalue weighted by molar-refractivity contribution is -0.141. The molecule has 0 saturated heterocycles.